The van der Waals surface area contributed by atoms with Gasteiger partial charge in [-0.1, -0.05) is 46.3 Å². The van der Waals surface area contributed by atoms with Crippen LogP contribution in [0.15, 0.2) is 30.3 Å². The highest BCUT2D eigenvalue weighted by molar-refractivity contribution is 9.10. The van der Waals surface area contributed by atoms with Crippen molar-refractivity contribution in [1.82, 2.24) is 5.32 Å². The van der Waals surface area contributed by atoms with Gasteiger partial charge in [-0.2, -0.15) is 0 Å². The summed E-state index contributed by atoms with van der Waals surface area (Å²) < 4.78 is 0. The number of carbonyl (C=O) groups excluding carboxylic acids is 1. The third-order valence-electron chi connectivity index (χ3n) is 2.02. The van der Waals surface area contributed by atoms with Crippen LogP contribution in [0.3, 0.4) is 0 Å². The molecule has 2 nitrogen and oxygen atoms in total. The fourth-order valence-electron chi connectivity index (χ4n) is 1.15. The molecule has 0 spiro atoms. The molecule has 0 radical (unpaired) electrons. The summed E-state index contributed by atoms with van der Waals surface area (Å²) in [6.45, 7) is 3.79. The summed E-state index contributed by atoms with van der Waals surface area (Å²) in [6.07, 6.45) is 0. The van der Waals surface area contributed by atoms with Gasteiger partial charge < -0.3 is 5.32 Å². The minimum atomic E-state index is -0.145. The molecule has 0 fully saturated rings. The van der Waals surface area contributed by atoms with E-state index in [1.807, 2.05) is 44.2 Å². The quantitative estimate of drug-likeness (QED) is 0.827. The first-order valence-corrected chi connectivity index (χ1v) is 5.52. The number of carbonyl (C=O) groups is 1. The lowest BCUT2D eigenvalue weighted by molar-refractivity contribution is -0.120. The SMILES string of the molecule is CC(Br)C(=O)N[C@H](C)c1ccccc1. The van der Waals surface area contributed by atoms with Gasteiger partial charge in [-0.15, -0.1) is 0 Å². The van der Waals surface area contributed by atoms with Crippen molar-refractivity contribution in [3.8, 4) is 0 Å². The maximum absolute atomic E-state index is 11.4. The molecule has 0 heterocycles. The van der Waals surface area contributed by atoms with Gasteiger partial charge in [-0.25, -0.2) is 0 Å². The molecule has 3 heteroatoms. The number of alkyl halides is 1. The van der Waals surface area contributed by atoms with E-state index in [1.165, 1.54) is 0 Å². The largest absolute Gasteiger partial charge is 0.349 e. The molecule has 0 aromatic heterocycles. The van der Waals surface area contributed by atoms with Crippen LogP contribution < -0.4 is 5.32 Å². The van der Waals surface area contributed by atoms with Gasteiger partial charge in [-0.3, -0.25) is 4.79 Å². The van der Waals surface area contributed by atoms with Gasteiger partial charge in [0.25, 0.3) is 0 Å². The van der Waals surface area contributed by atoms with Gasteiger partial charge in [0.1, 0.15) is 0 Å². The number of benzene rings is 1. The molecule has 0 aliphatic rings. The van der Waals surface area contributed by atoms with Crippen LogP contribution in [0.4, 0.5) is 0 Å². The number of amides is 1. The third-order valence-corrected chi connectivity index (χ3v) is 2.44. The molecule has 1 aromatic carbocycles. The molecule has 76 valence electrons. The van der Waals surface area contributed by atoms with Gasteiger partial charge in [0.2, 0.25) is 5.91 Å². The summed E-state index contributed by atoms with van der Waals surface area (Å²) in [5, 5.41) is 2.91. The summed E-state index contributed by atoms with van der Waals surface area (Å²) in [6, 6.07) is 9.97. The zero-order chi connectivity index (χ0) is 10.6. The Labute approximate surface area is 92.8 Å². The highest BCUT2D eigenvalue weighted by Gasteiger charge is 2.12. The molecule has 14 heavy (non-hydrogen) atoms. The standard InChI is InChI=1S/C11H14BrNO/c1-8(12)11(14)13-9(2)10-6-4-3-5-7-10/h3-9H,1-2H3,(H,13,14)/t8?,9-/m1/s1. The van der Waals surface area contributed by atoms with E-state index >= 15 is 0 Å². The van der Waals surface area contributed by atoms with Crippen LogP contribution in [0, 0.1) is 0 Å². The average molecular weight is 256 g/mol. The van der Waals surface area contributed by atoms with E-state index in [1.54, 1.807) is 0 Å². The normalized spacial score (nSPS) is 14.5. The lowest BCUT2D eigenvalue weighted by Gasteiger charge is -2.15. The van der Waals surface area contributed by atoms with Gasteiger partial charge in [0.15, 0.2) is 0 Å². The summed E-state index contributed by atoms with van der Waals surface area (Å²) in [5.41, 5.74) is 1.12. The summed E-state index contributed by atoms with van der Waals surface area (Å²) in [5.74, 6) is 0.0151. The monoisotopic (exact) mass is 255 g/mol. The van der Waals surface area contributed by atoms with E-state index in [0.29, 0.717) is 0 Å². The van der Waals surface area contributed by atoms with Gasteiger partial charge >= 0.3 is 0 Å². The van der Waals surface area contributed by atoms with Crippen LogP contribution in [-0.2, 0) is 4.79 Å². The predicted octanol–water partition coefficient (Wildman–Crippen LogP) is 2.65. The highest BCUT2D eigenvalue weighted by Crippen LogP contribution is 2.11. The molecular formula is C11H14BrNO. The molecule has 0 saturated heterocycles. The topological polar surface area (TPSA) is 29.1 Å². The molecule has 1 rings (SSSR count). The molecule has 0 bridgehead atoms. The molecular weight excluding hydrogens is 242 g/mol. The molecule has 0 aliphatic heterocycles. The van der Waals surface area contributed by atoms with Crippen molar-refractivity contribution in [2.24, 2.45) is 0 Å². The lowest BCUT2D eigenvalue weighted by atomic mass is 10.1. The van der Waals surface area contributed by atoms with Crippen molar-refractivity contribution in [2.45, 2.75) is 24.7 Å². The fraction of sp³-hybridized carbons (Fsp3) is 0.364. The Bertz CT molecular complexity index is 297. The first-order chi connectivity index (χ1) is 6.61. The van der Waals surface area contributed by atoms with Crippen LogP contribution in [0.1, 0.15) is 25.5 Å². The van der Waals surface area contributed by atoms with E-state index < -0.39 is 0 Å². The van der Waals surface area contributed by atoms with Crippen molar-refractivity contribution in [3.63, 3.8) is 0 Å². The Balaban J connectivity index is 2.59. The van der Waals surface area contributed by atoms with Gasteiger partial charge in [0.05, 0.1) is 10.9 Å². The number of rotatable bonds is 3. The summed E-state index contributed by atoms with van der Waals surface area (Å²) >= 11 is 3.23. The third kappa shape index (κ3) is 3.14. The predicted molar refractivity (Wildman–Crippen MR) is 61.4 cm³/mol. The van der Waals surface area contributed by atoms with Crippen molar-refractivity contribution in [2.75, 3.05) is 0 Å². The van der Waals surface area contributed by atoms with Gasteiger partial charge in [-0.05, 0) is 19.4 Å². The zero-order valence-electron chi connectivity index (χ0n) is 8.33. The lowest BCUT2D eigenvalue weighted by Crippen LogP contribution is -2.31. The molecule has 1 amide bonds. The maximum atomic E-state index is 11.4. The molecule has 1 aromatic rings. The van der Waals surface area contributed by atoms with Crippen molar-refractivity contribution < 1.29 is 4.79 Å². The smallest absolute Gasteiger partial charge is 0.233 e. The molecule has 2 atom stereocenters. The number of nitrogens with one attached hydrogen (secondary N) is 1. The molecule has 1 N–H and O–H groups in total. The second-order valence-electron chi connectivity index (χ2n) is 3.26. The van der Waals surface area contributed by atoms with Crippen molar-refractivity contribution in [1.29, 1.82) is 0 Å². The Morgan fingerprint density at radius 1 is 1.29 bits per heavy atom. The number of hydrogen-bond acceptors (Lipinski definition) is 1. The second-order valence-corrected chi connectivity index (χ2v) is 4.63. The van der Waals surface area contributed by atoms with Crippen LogP contribution in [0.2, 0.25) is 0 Å². The van der Waals surface area contributed by atoms with Crippen LogP contribution in [0.25, 0.3) is 0 Å². The van der Waals surface area contributed by atoms with Crippen LogP contribution in [0.5, 0.6) is 0 Å². The Morgan fingerprint density at radius 3 is 2.36 bits per heavy atom. The molecule has 0 saturated carbocycles. The first-order valence-electron chi connectivity index (χ1n) is 4.60. The zero-order valence-corrected chi connectivity index (χ0v) is 9.91. The Kier molecular flexibility index (Phi) is 4.14. The highest BCUT2D eigenvalue weighted by atomic mass is 79.9. The minimum Gasteiger partial charge on any atom is -0.349 e. The van der Waals surface area contributed by atoms with Crippen LogP contribution in [-0.4, -0.2) is 10.7 Å². The van der Waals surface area contributed by atoms with E-state index in [0.717, 1.165) is 5.56 Å². The Hall–Kier alpha value is -0.830. The maximum Gasteiger partial charge on any atom is 0.233 e. The second kappa shape index (κ2) is 5.15. The summed E-state index contributed by atoms with van der Waals surface area (Å²) in [7, 11) is 0. The van der Waals surface area contributed by atoms with Crippen LogP contribution >= 0.6 is 15.9 Å². The van der Waals surface area contributed by atoms with Crippen molar-refractivity contribution in [3.05, 3.63) is 35.9 Å². The summed E-state index contributed by atoms with van der Waals surface area (Å²) in [4.78, 5) is 11.2. The van der Waals surface area contributed by atoms with Crippen molar-refractivity contribution >= 4 is 21.8 Å². The van der Waals surface area contributed by atoms with E-state index in [4.69, 9.17) is 0 Å². The number of hydrogen-bond donors (Lipinski definition) is 1. The van der Waals surface area contributed by atoms with E-state index in [2.05, 4.69) is 21.2 Å². The fourth-order valence-corrected chi connectivity index (χ4v) is 1.29. The van der Waals surface area contributed by atoms with E-state index in [-0.39, 0.29) is 16.8 Å². The molecule has 1 unspecified atom stereocenters. The Morgan fingerprint density at radius 2 is 1.86 bits per heavy atom. The van der Waals surface area contributed by atoms with Gasteiger partial charge in [0, 0.05) is 0 Å². The number of halogens is 1. The first kappa shape index (κ1) is 11.2. The van der Waals surface area contributed by atoms with E-state index in [9.17, 15) is 4.79 Å². The minimum absolute atomic E-state index is 0.0151. The average Bonchev–Trinajstić information content (AvgIpc) is 2.19. The molecule has 0 aliphatic carbocycles.